The number of aryl methyl sites for hydroxylation is 2. The van der Waals surface area contributed by atoms with Gasteiger partial charge in [-0.05, 0) is 49.2 Å². The normalized spacial score (nSPS) is 15.9. The van der Waals surface area contributed by atoms with Gasteiger partial charge in [0, 0.05) is 25.2 Å². The van der Waals surface area contributed by atoms with Crippen LogP contribution in [0.1, 0.15) is 39.0 Å². The molecule has 0 fully saturated rings. The average Bonchev–Trinajstić information content (AvgIpc) is 3.36. The van der Waals surface area contributed by atoms with E-state index >= 15 is 0 Å². The average molecular weight is 514 g/mol. The molecule has 1 unspecified atom stereocenters. The SMILES string of the molecule is Cc1cc(N2C(=O)c3oc4cc(C)c(Cl)cc4c(=O)c3C2c2ccc(S(=O)(=O)N(C)C)cc2)no1. The first-order valence-electron chi connectivity index (χ1n) is 10.6. The number of carbonyl (C=O) groups excluding carboxylic acids is 1. The molecular weight excluding hydrogens is 494 g/mol. The molecule has 1 amide bonds. The van der Waals surface area contributed by atoms with E-state index in [2.05, 4.69) is 5.16 Å². The van der Waals surface area contributed by atoms with Crippen molar-refractivity contribution in [2.24, 2.45) is 0 Å². The minimum atomic E-state index is -3.67. The monoisotopic (exact) mass is 513 g/mol. The van der Waals surface area contributed by atoms with Crippen molar-refractivity contribution in [3.05, 3.63) is 85.9 Å². The minimum Gasteiger partial charge on any atom is -0.450 e. The topological polar surface area (TPSA) is 114 Å². The Bertz CT molecular complexity index is 1670. The molecule has 11 heteroatoms. The second kappa shape index (κ2) is 8.04. The molecule has 9 nitrogen and oxygen atoms in total. The molecule has 2 aromatic heterocycles. The number of carbonyl (C=O) groups is 1. The van der Waals surface area contributed by atoms with Crippen LogP contribution in [-0.4, -0.2) is 37.9 Å². The second-order valence-corrected chi connectivity index (χ2v) is 11.1. The Balaban J connectivity index is 1.76. The zero-order valence-electron chi connectivity index (χ0n) is 19.2. The van der Waals surface area contributed by atoms with Crippen LogP contribution in [0.15, 0.2) is 61.1 Å². The van der Waals surface area contributed by atoms with Crippen LogP contribution in [0, 0.1) is 13.8 Å². The summed E-state index contributed by atoms with van der Waals surface area (Å²) in [6.07, 6.45) is 0. The van der Waals surface area contributed by atoms with E-state index in [0.29, 0.717) is 21.9 Å². The first kappa shape index (κ1) is 23.3. The van der Waals surface area contributed by atoms with Gasteiger partial charge in [0.15, 0.2) is 11.2 Å². The summed E-state index contributed by atoms with van der Waals surface area (Å²) in [5.41, 5.74) is 1.15. The van der Waals surface area contributed by atoms with Gasteiger partial charge in [-0.25, -0.2) is 12.7 Å². The lowest BCUT2D eigenvalue weighted by Crippen LogP contribution is -2.30. The van der Waals surface area contributed by atoms with E-state index in [1.165, 1.54) is 37.2 Å². The fourth-order valence-electron chi connectivity index (χ4n) is 4.14. The number of amides is 1. The van der Waals surface area contributed by atoms with Gasteiger partial charge in [0.25, 0.3) is 5.91 Å². The van der Waals surface area contributed by atoms with E-state index in [1.54, 1.807) is 38.1 Å². The van der Waals surface area contributed by atoms with E-state index < -0.39 is 27.4 Å². The van der Waals surface area contributed by atoms with Gasteiger partial charge in [0.05, 0.1) is 21.9 Å². The van der Waals surface area contributed by atoms with Crippen molar-refractivity contribution in [1.29, 1.82) is 0 Å². The van der Waals surface area contributed by atoms with Crippen LogP contribution in [0.4, 0.5) is 5.82 Å². The number of rotatable bonds is 4. The third kappa shape index (κ3) is 3.56. The van der Waals surface area contributed by atoms with Gasteiger partial charge in [-0.1, -0.05) is 28.9 Å². The van der Waals surface area contributed by atoms with Crippen LogP contribution in [-0.2, 0) is 10.0 Å². The highest BCUT2D eigenvalue weighted by Gasteiger charge is 2.45. The number of hydrogen-bond acceptors (Lipinski definition) is 7. The molecule has 1 aliphatic heterocycles. The minimum absolute atomic E-state index is 0.0763. The molecule has 4 aromatic rings. The van der Waals surface area contributed by atoms with Crippen LogP contribution in [0.3, 0.4) is 0 Å². The number of halogens is 1. The zero-order chi connectivity index (χ0) is 25.2. The van der Waals surface area contributed by atoms with Gasteiger partial charge in [-0.15, -0.1) is 0 Å². The smallest absolute Gasteiger partial charge is 0.296 e. The number of hydrogen-bond donors (Lipinski definition) is 0. The van der Waals surface area contributed by atoms with Crippen LogP contribution < -0.4 is 10.3 Å². The Labute approximate surface area is 205 Å². The van der Waals surface area contributed by atoms with Gasteiger partial charge < -0.3 is 8.94 Å². The number of fused-ring (bicyclic) bond motifs is 2. The molecule has 0 bridgehead atoms. The summed E-state index contributed by atoms with van der Waals surface area (Å²) < 4.78 is 37.3. The van der Waals surface area contributed by atoms with Crippen molar-refractivity contribution in [1.82, 2.24) is 9.46 Å². The molecule has 0 N–H and O–H groups in total. The van der Waals surface area contributed by atoms with Gasteiger partial charge in [0.2, 0.25) is 15.8 Å². The standard InChI is InChI=1S/C24H20ClN3O6S/c1-12-9-18-16(11-17(12)25)22(29)20-21(14-5-7-15(8-6-14)35(31,32)27(3)4)28(24(30)23(20)33-18)19-10-13(2)34-26-19/h5-11,21H,1-4H3. The molecule has 0 radical (unpaired) electrons. The summed E-state index contributed by atoms with van der Waals surface area (Å²) in [6.45, 7) is 3.45. The number of aromatic nitrogens is 1. The van der Waals surface area contributed by atoms with E-state index in [-0.39, 0.29) is 33.0 Å². The molecule has 0 saturated heterocycles. The Morgan fingerprint density at radius 3 is 2.34 bits per heavy atom. The van der Waals surface area contributed by atoms with Crippen molar-refractivity contribution in [2.45, 2.75) is 24.8 Å². The molecule has 0 aliphatic carbocycles. The summed E-state index contributed by atoms with van der Waals surface area (Å²) in [6, 6.07) is 9.79. The summed E-state index contributed by atoms with van der Waals surface area (Å²) in [4.78, 5) is 28.6. The van der Waals surface area contributed by atoms with E-state index in [4.69, 9.17) is 20.5 Å². The largest absolute Gasteiger partial charge is 0.450 e. The molecule has 5 rings (SSSR count). The molecule has 35 heavy (non-hydrogen) atoms. The molecule has 1 atom stereocenters. The molecule has 0 saturated carbocycles. The number of sulfonamides is 1. The third-order valence-corrected chi connectivity index (χ3v) is 8.22. The van der Waals surface area contributed by atoms with Crippen molar-refractivity contribution in [2.75, 3.05) is 19.0 Å². The van der Waals surface area contributed by atoms with E-state index in [0.717, 1.165) is 4.31 Å². The number of benzene rings is 2. The molecular formula is C24H20ClN3O6S. The molecule has 180 valence electrons. The van der Waals surface area contributed by atoms with E-state index in [1.807, 2.05) is 0 Å². The summed E-state index contributed by atoms with van der Waals surface area (Å²) in [5.74, 6) is 0.00287. The lowest BCUT2D eigenvalue weighted by molar-refractivity contribution is 0.0969. The second-order valence-electron chi connectivity index (χ2n) is 8.50. The highest BCUT2D eigenvalue weighted by molar-refractivity contribution is 7.89. The Hall–Kier alpha value is -3.47. The number of anilines is 1. The summed E-state index contributed by atoms with van der Waals surface area (Å²) >= 11 is 6.26. The van der Waals surface area contributed by atoms with Gasteiger partial charge in [-0.3, -0.25) is 14.5 Å². The van der Waals surface area contributed by atoms with Gasteiger partial charge in [-0.2, -0.15) is 0 Å². The first-order chi connectivity index (χ1) is 16.5. The molecule has 1 aliphatic rings. The maximum Gasteiger partial charge on any atom is 0.296 e. The van der Waals surface area contributed by atoms with Crippen LogP contribution in [0.25, 0.3) is 11.0 Å². The molecule has 3 heterocycles. The van der Waals surface area contributed by atoms with Crippen LogP contribution in [0.5, 0.6) is 0 Å². The Kier molecular flexibility index (Phi) is 5.35. The fourth-order valence-corrected chi connectivity index (χ4v) is 5.21. The van der Waals surface area contributed by atoms with Crippen LogP contribution in [0.2, 0.25) is 5.02 Å². The zero-order valence-corrected chi connectivity index (χ0v) is 20.8. The van der Waals surface area contributed by atoms with Gasteiger partial charge in [0.1, 0.15) is 11.3 Å². The fraction of sp³-hybridized carbons (Fsp3) is 0.208. The van der Waals surface area contributed by atoms with Crippen molar-refractivity contribution in [3.63, 3.8) is 0 Å². The van der Waals surface area contributed by atoms with Gasteiger partial charge >= 0.3 is 0 Å². The lowest BCUT2D eigenvalue weighted by Gasteiger charge is -2.22. The molecule has 0 spiro atoms. The number of nitrogens with zero attached hydrogens (tertiary/aromatic N) is 3. The van der Waals surface area contributed by atoms with E-state index in [9.17, 15) is 18.0 Å². The maximum absolute atomic E-state index is 13.7. The quantitative estimate of drug-likeness (QED) is 0.404. The summed E-state index contributed by atoms with van der Waals surface area (Å²) in [7, 11) is -0.791. The summed E-state index contributed by atoms with van der Waals surface area (Å²) in [5, 5.41) is 4.61. The maximum atomic E-state index is 13.7. The Morgan fingerprint density at radius 1 is 1.06 bits per heavy atom. The first-order valence-corrected chi connectivity index (χ1v) is 12.4. The van der Waals surface area contributed by atoms with Crippen LogP contribution >= 0.6 is 11.6 Å². The van der Waals surface area contributed by atoms with Crippen molar-refractivity contribution < 1.29 is 22.2 Å². The highest BCUT2D eigenvalue weighted by Crippen LogP contribution is 2.41. The predicted molar refractivity (Wildman–Crippen MR) is 129 cm³/mol. The van der Waals surface area contributed by atoms with Crippen molar-refractivity contribution >= 4 is 44.3 Å². The highest BCUT2D eigenvalue weighted by atomic mass is 35.5. The molecule has 2 aromatic carbocycles. The lowest BCUT2D eigenvalue weighted by atomic mass is 9.98. The predicted octanol–water partition coefficient (Wildman–Crippen LogP) is 4.05. The Morgan fingerprint density at radius 2 is 1.74 bits per heavy atom. The third-order valence-electron chi connectivity index (χ3n) is 5.99. The van der Waals surface area contributed by atoms with Crippen molar-refractivity contribution in [3.8, 4) is 0 Å².